The third kappa shape index (κ3) is 4.46. The third-order valence-electron chi connectivity index (χ3n) is 5.65. The maximum absolute atomic E-state index is 14.4. The second-order valence-corrected chi connectivity index (χ2v) is 12.1. The van der Waals surface area contributed by atoms with E-state index in [1.165, 1.54) is 18.2 Å². The number of halogens is 1. The summed E-state index contributed by atoms with van der Waals surface area (Å²) >= 11 is 0. The minimum absolute atomic E-state index is 0.0360. The number of rotatable bonds is 7. The Morgan fingerprint density at radius 2 is 1.79 bits per heavy atom. The SMILES string of the molecule is NS(=O)(=O)c1cccc(Nc2ncc(F)c(Nc3ccc4c(c3)CNC4S(=O)(=O)C3CC3)n2)c1. The monoisotopic (exact) mass is 504 g/mol. The number of aromatic nitrogens is 2. The van der Waals surface area contributed by atoms with E-state index in [2.05, 4.69) is 25.9 Å². The fraction of sp³-hybridized carbons (Fsp3) is 0.238. The van der Waals surface area contributed by atoms with Crippen LogP contribution < -0.4 is 21.1 Å². The average Bonchev–Trinajstić information content (AvgIpc) is 3.56. The lowest BCUT2D eigenvalue weighted by Crippen LogP contribution is -2.25. The van der Waals surface area contributed by atoms with Crippen molar-refractivity contribution in [1.29, 1.82) is 0 Å². The van der Waals surface area contributed by atoms with Crippen LogP contribution in [0.5, 0.6) is 0 Å². The van der Waals surface area contributed by atoms with Gasteiger partial charge in [0.1, 0.15) is 5.37 Å². The molecule has 3 aromatic rings. The van der Waals surface area contributed by atoms with E-state index >= 15 is 0 Å². The number of primary sulfonamides is 1. The Morgan fingerprint density at radius 3 is 2.53 bits per heavy atom. The number of hydrogen-bond donors (Lipinski definition) is 4. The molecule has 1 saturated carbocycles. The van der Waals surface area contributed by atoms with Crippen molar-refractivity contribution in [2.75, 3.05) is 10.6 Å². The Hall–Kier alpha value is -3.13. The van der Waals surface area contributed by atoms with E-state index in [0.29, 0.717) is 36.3 Å². The number of sulfonamides is 1. The summed E-state index contributed by atoms with van der Waals surface area (Å²) in [4.78, 5) is 7.93. The van der Waals surface area contributed by atoms with Crippen LogP contribution in [0.4, 0.5) is 27.5 Å². The number of anilines is 4. The van der Waals surface area contributed by atoms with E-state index in [1.54, 1.807) is 24.3 Å². The lowest BCUT2D eigenvalue weighted by atomic mass is 10.1. The van der Waals surface area contributed by atoms with Crippen LogP contribution in [0, 0.1) is 5.82 Å². The zero-order chi connectivity index (χ0) is 24.1. The summed E-state index contributed by atoms with van der Waals surface area (Å²) in [6.07, 6.45) is 2.38. The maximum Gasteiger partial charge on any atom is 0.238 e. The van der Waals surface area contributed by atoms with Gasteiger partial charge in [-0.1, -0.05) is 12.1 Å². The van der Waals surface area contributed by atoms with Gasteiger partial charge in [0.05, 0.1) is 16.3 Å². The van der Waals surface area contributed by atoms with Gasteiger partial charge in [0.25, 0.3) is 0 Å². The predicted molar refractivity (Wildman–Crippen MR) is 124 cm³/mol. The summed E-state index contributed by atoms with van der Waals surface area (Å²) in [6, 6.07) is 10.9. The van der Waals surface area contributed by atoms with Crippen LogP contribution in [0.1, 0.15) is 29.3 Å². The lowest BCUT2D eigenvalue weighted by Gasteiger charge is -2.14. The predicted octanol–water partition coefficient (Wildman–Crippen LogP) is 2.43. The van der Waals surface area contributed by atoms with Crippen LogP contribution in [0.25, 0.3) is 0 Å². The van der Waals surface area contributed by atoms with Gasteiger partial charge in [-0.05, 0) is 54.3 Å². The molecule has 5 N–H and O–H groups in total. The Balaban J connectivity index is 1.36. The topological polar surface area (TPSA) is 156 Å². The molecule has 1 fully saturated rings. The standard InChI is InChI=1S/C21H21FN6O4S2/c22-18-11-25-21(27-13-2-1-3-16(9-13)34(23,31)32)28-19(18)26-14-4-7-17-12(8-14)10-24-20(17)33(29,30)15-5-6-15/h1-4,7-9,11,15,20,24H,5-6,10H2,(H2,23,31,32)(H2,25,26,27,28). The van der Waals surface area contributed by atoms with Crippen molar-refractivity contribution in [3.63, 3.8) is 0 Å². The molecular weight excluding hydrogens is 483 g/mol. The smallest absolute Gasteiger partial charge is 0.238 e. The van der Waals surface area contributed by atoms with Gasteiger partial charge in [-0.3, -0.25) is 5.32 Å². The van der Waals surface area contributed by atoms with Crippen LogP contribution in [-0.4, -0.2) is 32.1 Å². The van der Waals surface area contributed by atoms with Crippen molar-refractivity contribution < 1.29 is 21.2 Å². The Labute approximate surface area is 195 Å². The van der Waals surface area contributed by atoms with E-state index in [9.17, 15) is 21.2 Å². The summed E-state index contributed by atoms with van der Waals surface area (Å²) in [6.45, 7) is 0.390. The zero-order valence-corrected chi connectivity index (χ0v) is 19.3. The van der Waals surface area contributed by atoms with E-state index in [4.69, 9.17) is 5.14 Å². The number of nitrogens with two attached hydrogens (primary N) is 1. The molecule has 0 bridgehead atoms. The van der Waals surface area contributed by atoms with Crippen molar-refractivity contribution in [2.45, 2.75) is 34.9 Å². The first-order valence-corrected chi connectivity index (χ1v) is 13.6. The molecule has 1 aromatic heterocycles. The highest BCUT2D eigenvalue weighted by molar-refractivity contribution is 7.92. The summed E-state index contributed by atoms with van der Waals surface area (Å²) in [5.41, 5.74) is 2.41. The summed E-state index contributed by atoms with van der Waals surface area (Å²) in [5.74, 6) is -0.765. The van der Waals surface area contributed by atoms with Gasteiger partial charge in [0.2, 0.25) is 16.0 Å². The maximum atomic E-state index is 14.4. The molecule has 1 unspecified atom stereocenters. The molecule has 34 heavy (non-hydrogen) atoms. The van der Waals surface area contributed by atoms with Crippen LogP contribution >= 0.6 is 0 Å². The molecule has 0 amide bonds. The van der Waals surface area contributed by atoms with E-state index in [1.807, 2.05) is 0 Å². The number of benzene rings is 2. The molecule has 0 spiro atoms. The molecule has 5 rings (SSSR count). The van der Waals surface area contributed by atoms with Crippen LogP contribution in [0.15, 0.2) is 53.6 Å². The molecule has 0 radical (unpaired) electrons. The highest BCUT2D eigenvalue weighted by Gasteiger charge is 2.44. The Kier molecular flexibility index (Phi) is 5.51. The second kappa shape index (κ2) is 8.27. The van der Waals surface area contributed by atoms with Crippen molar-refractivity contribution in [2.24, 2.45) is 5.14 Å². The van der Waals surface area contributed by atoms with Gasteiger partial charge in [0.15, 0.2) is 21.5 Å². The molecule has 2 heterocycles. The number of sulfone groups is 1. The molecule has 10 nitrogen and oxygen atoms in total. The van der Waals surface area contributed by atoms with Crippen molar-refractivity contribution >= 4 is 43.0 Å². The van der Waals surface area contributed by atoms with Crippen LogP contribution in [-0.2, 0) is 26.4 Å². The minimum atomic E-state index is -3.89. The molecule has 1 atom stereocenters. The molecule has 1 aliphatic heterocycles. The molecule has 2 aliphatic rings. The lowest BCUT2D eigenvalue weighted by molar-refractivity contribution is 0.566. The third-order valence-corrected chi connectivity index (χ3v) is 9.04. The number of fused-ring (bicyclic) bond motifs is 1. The van der Waals surface area contributed by atoms with Crippen molar-refractivity contribution in [1.82, 2.24) is 15.3 Å². The number of nitrogens with one attached hydrogen (secondary N) is 3. The van der Waals surface area contributed by atoms with Gasteiger partial charge in [-0.25, -0.2) is 31.3 Å². The zero-order valence-electron chi connectivity index (χ0n) is 17.7. The Morgan fingerprint density at radius 1 is 1.03 bits per heavy atom. The summed E-state index contributed by atoms with van der Waals surface area (Å²) in [7, 11) is -7.16. The molecule has 178 valence electrons. The first-order chi connectivity index (χ1) is 16.1. The highest BCUT2D eigenvalue weighted by atomic mass is 32.2. The first kappa shape index (κ1) is 22.7. The highest BCUT2D eigenvalue weighted by Crippen LogP contribution is 2.40. The molecule has 0 saturated heterocycles. The van der Waals surface area contributed by atoms with Gasteiger partial charge in [-0.2, -0.15) is 4.98 Å². The quantitative estimate of drug-likeness (QED) is 0.379. The fourth-order valence-corrected chi connectivity index (χ4v) is 6.46. The van der Waals surface area contributed by atoms with E-state index in [-0.39, 0.29) is 21.9 Å². The van der Waals surface area contributed by atoms with E-state index < -0.39 is 31.1 Å². The van der Waals surface area contributed by atoms with Gasteiger partial charge >= 0.3 is 0 Å². The second-order valence-electron chi connectivity index (χ2n) is 8.18. The van der Waals surface area contributed by atoms with Crippen molar-refractivity contribution in [3.8, 4) is 0 Å². The Bertz CT molecular complexity index is 1490. The first-order valence-electron chi connectivity index (χ1n) is 10.4. The minimum Gasteiger partial charge on any atom is -0.338 e. The molecular formula is C21H21FN6O4S2. The summed E-state index contributed by atoms with van der Waals surface area (Å²) < 4.78 is 62.8. The van der Waals surface area contributed by atoms with E-state index in [0.717, 1.165) is 11.8 Å². The van der Waals surface area contributed by atoms with Crippen molar-refractivity contribution in [3.05, 3.63) is 65.6 Å². The number of hydrogen-bond acceptors (Lipinski definition) is 9. The summed E-state index contributed by atoms with van der Waals surface area (Å²) in [5, 5.41) is 12.9. The molecule has 1 aliphatic carbocycles. The van der Waals surface area contributed by atoms with Crippen LogP contribution in [0.2, 0.25) is 0 Å². The van der Waals surface area contributed by atoms with Gasteiger partial charge in [-0.15, -0.1) is 0 Å². The molecule has 2 aromatic carbocycles. The van der Waals surface area contributed by atoms with Gasteiger partial charge < -0.3 is 10.6 Å². The normalized spacial score (nSPS) is 17.9. The average molecular weight is 505 g/mol. The van der Waals surface area contributed by atoms with Gasteiger partial charge in [0, 0.05) is 17.9 Å². The molecule has 13 heteroatoms. The fourth-order valence-electron chi connectivity index (χ4n) is 3.82. The van der Waals surface area contributed by atoms with Crippen LogP contribution in [0.3, 0.4) is 0 Å². The number of nitrogens with zero attached hydrogens (tertiary/aromatic N) is 2. The largest absolute Gasteiger partial charge is 0.338 e.